The van der Waals surface area contributed by atoms with Gasteiger partial charge in [-0.05, 0) is 41.1 Å². The summed E-state index contributed by atoms with van der Waals surface area (Å²) >= 11 is 3.42. The molecule has 0 aliphatic carbocycles. The molecular formula is C19H14BrFN8. The highest BCUT2D eigenvalue weighted by Gasteiger charge is 2.21. The van der Waals surface area contributed by atoms with Crippen LogP contribution in [0.4, 0.5) is 16.0 Å². The smallest absolute Gasteiger partial charge is 0.150 e. The Labute approximate surface area is 173 Å². The van der Waals surface area contributed by atoms with Crippen LogP contribution in [0, 0.1) is 17.1 Å². The van der Waals surface area contributed by atoms with Crippen LogP contribution in [0.3, 0.4) is 0 Å². The summed E-state index contributed by atoms with van der Waals surface area (Å²) in [5.74, 6) is 0.601. The lowest BCUT2D eigenvalue weighted by Crippen LogP contribution is -2.15. The van der Waals surface area contributed by atoms with E-state index >= 15 is 0 Å². The molecule has 0 aliphatic heterocycles. The predicted molar refractivity (Wildman–Crippen MR) is 110 cm³/mol. The minimum atomic E-state index is -0.397. The fourth-order valence-corrected chi connectivity index (χ4v) is 3.39. The molecule has 8 nitrogen and oxygen atoms in total. The average molecular weight is 453 g/mol. The minimum absolute atomic E-state index is 0.0870. The van der Waals surface area contributed by atoms with Crippen molar-refractivity contribution >= 4 is 38.6 Å². The highest BCUT2D eigenvalue weighted by Crippen LogP contribution is 2.29. The molecule has 0 saturated heterocycles. The van der Waals surface area contributed by atoms with Crippen molar-refractivity contribution in [3.8, 4) is 11.8 Å². The van der Waals surface area contributed by atoms with Gasteiger partial charge < -0.3 is 11.1 Å². The van der Waals surface area contributed by atoms with E-state index in [4.69, 9.17) is 5.73 Å². The molecule has 1 aromatic carbocycles. The molecule has 3 N–H and O–H groups in total. The van der Waals surface area contributed by atoms with E-state index in [9.17, 15) is 9.65 Å². The SMILES string of the molecule is C[C@H](Nc1ncnc(N)c1C#N)c1nc2ccc(F)cc2n1-c1cncc(Br)c1. The van der Waals surface area contributed by atoms with Gasteiger partial charge in [-0.15, -0.1) is 0 Å². The number of anilines is 2. The van der Waals surface area contributed by atoms with Crippen molar-refractivity contribution < 1.29 is 4.39 Å². The summed E-state index contributed by atoms with van der Waals surface area (Å²) in [6.07, 6.45) is 4.60. The second-order valence-electron chi connectivity index (χ2n) is 6.26. The van der Waals surface area contributed by atoms with Crippen molar-refractivity contribution in [1.82, 2.24) is 24.5 Å². The number of nitriles is 1. The summed E-state index contributed by atoms with van der Waals surface area (Å²) < 4.78 is 16.5. The highest BCUT2D eigenvalue weighted by atomic mass is 79.9. The number of hydrogen-bond donors (Lipinski definition) is 2. The maximum atomic E-state index is 14.0. The number of halogens is 2. The Hall–Kier alpha value is -3.58. The minimum Gasteiger partial charge on any atom is -0.382 e. The Bertz CT molecular complexity index is 1260. The zero-order valence-electron chi connectivity index (χ0n) is 15.1. The number of aromatic nitrogens is 5. The van der Waals surface area contributed by atoms with Gasteiger partial charge in [-0.2, -0.15) is 5.26 Å². The lowest BCUT2D eigenvalue weighted by Gasteiger charge is -2.17. The molecule has 0 bridgehead atoms. The van der Waals surface area contributed by atoms with Crippen molar-refractivity contribution in [1.29, 1.82) is 5.26 Å². The zero-order valence-corrected chi connectivity index (χ0v) is 16.7. The van der Waals surface area contributed by atoms with Gasteiger partial charge >= 0.3 is 0 Å². The third-order valence-electron chi connectivity index (χ3n) is 4.32. The van der Waals surface area contributed by atoms with Crippen LogP contribution in [0.1, 0.15) is 24.4 Å². The quantitative estimate of drug-likeness (QED) is 0.483. The molecule has 4 aromatic rings. The lowest BCUT2D eigenvalue weighted by atomic mass is 10.2. The van der Waals surface area contributed by atoms with Gasteiger partial charge in [0.1, 0.15) is 41.2 Å². The molecular weight excluding hydrogens is 439 g/mol. The summed E-state index contributed by atoms with van der Waals surface area (Å²) in [5.41, 5.74) is 7.85. The van der Waals surface area contributed by atoms with Crippen LogP contribution in [0.15, 0.2) is 47.5 Å². The van der Waals surface area contributed by atoms with E-state index in [1.165, 1.54) is 18.5 Å². The van der Waals surface area contributed by atoms with Crippen molar-refractivity contribution in [2.45, 2.75) is 13.0 Å². The molecule has 3 heterocycles. The van der Waals surface area contributed by atoms with E-state index < -0.39 is 6.04 Å². The Kier molecular flexibility index (Phi) is 4.82. The summed E-state index contributed by atoms with van der Waals surface area (Å²) in [7, 11) is 0. The number of benzene rings is 1. The standard InChI is InChI=1S/C19H14BrFN8/c1-10(27-18-14(6-22)17(23)25-9-26-18)19-28-15-3-2-12(21)5-16(15)29(19)13-4-11(20)7-24-8-13/h2-5,7-10H,1H3,(H3,23,25,26,27)/t10-/m0/s1. The maximum Gasteiger partial charge on any atom is 0.150 e. The molecule has 0 fully saturated rings. The fourth-order valence-electron chi connectivity index (χ4n) is 3.04. The maximum absolute atomic E-state index is 14.0. The number of nitrogen functional groups attached to an aromatic ring is 1. The van der Waals surface area contributed by atoms with Crippen molar-refractivity contribution in [2.75, 3.05) is 11.1 Å². The van der Waals surface area contributed by atoms with Crippen LogP contribution >= 0.6 is 15.9 Å². The van der Waals surface area contributed by atoms with Crippen LogP contribution in [0.25, 0.3) is 16.7 Å². The van der Waals surface area contributed by atoms with Crippen LogP contribution in [-0.2, 0) is 0 Å². The van der Waals surface area contributed by atoms with Gasteiger partial charge in [0, 0.05) is 16.7 Å². The van der Waals surface area contributed by atoms with E-state index in [1.807, 2.05) is 23.6 Å². The molecule has 3 aromatic heterocycles. The summed E-state index contributed by atoms with van der Waals surface area (Å²) in [5, 5.41) is 12.5. The third kappa shape index (κ3) is 3.48. The molecule has 0 aliphatic rings. The summed E-state index contributed by atoms with van der Waals surface area (Å²) in [4.78, 5) is 16.8. The normalized spacial score (nSPS) is 11.9. The molecule has 10 heteroatoms. The first-order valence-corrected chi connectivity index (χ1v) is 9.33. The molecule has 144 valence electrons. The Morgan fingerprint density at radius 3 is 2.86 bits per heavy atom. The molecule has 0 spiro atoms. The number of pyridine rings is 1. The van der Waals surface area contributed by atoms with Crippen LogP contribution in [-0.4, -0.2) is 24.5 Å². The summed E-state index contributed by atoms with van der Waals surface area (Å²) in [6, 6.07) is 7.86. The van der Waals surface area contributed by atoms with Gasteiger partial charge in [0.2, 0.25) is 0 Å². The van der Waals surface area contributed by atoms with Gasteiger partial charge in [0.25, 0.3) is 0 Å². The van der Waals surface area contributed by atoms with E-state index in [0.29, 0.717) is 28.4 Å². The topological polar surface area (TPSA) is 118 Å². The molecule has 29 heavy (non-hydrogen) atoms. The van der Waals surface area contributed by atoms with E-state index in [-0.39, 0.29) is 17.2 Å². The average Bonchev–Trinajstić information content (AvgIpc) is 3.07. The molecule has 0 radical (unpaired) electrons. The first-order chi connectivity index (χ1) is 14.0. The van der Waals surface area contributed by atoms with Gasteiger partial charge in [0.15, 0.2) is 0 Å². The largest absolute Gasteiger partial charge is 0.382 e. The monoisotopic (exact) mass is 452 g/mol. The molecule has 0 saturated carbocycles. The number of nitrogens with two attached hydrogens (primary N) is 1. The zero-order chi connectivity index (χ0) is 20.5. The van der Waals surface area contributed by atoms with Crippen molar-refractivity contribution in [3.63, 3.8) is 0 Å². The number of imidazole rings is 1. The second-order valence-corrected chi connectivity index (χ2v) is 7.18. The molecule has 0 unspecified atom stereocenters. The van der Waals surface area contributed by atoms with E-state index in [1.54, 1.807) is 18.5 Å². The van der Waals surface area contributed by atoms with Crippen LogP contribution in [0.2, 0.25) is 0 Å². The highest BCUT2D eigenvalue weighted by molar-refractivity contribution is 9.10. The molecule has 0 amide bonds. The first-order valence-electron chi connectivity index (χ1n) is 8.54. The third-order valence-corrected chi connectivity index (χ3v) is 4.75. The number of fused-ring (bicyclic) bond motifs is 1. The predicted octanol–water partition coefficient (Wildman–Crippen LogP) is 3.74. The van der Waals surface area contributed by atoms with Gasteiger partial charge in [-0.3, -0.25) is 9.55 Å². The van der Waals surface area contributed by atoms with Crippen LogP contribution in [0.5, 0.6) is 0 Å². The Morgan fingerprint density at radius 2 is 2.10 bits per heavy atom. The first kappa shape index (κ1) is 18.8. The molecule has 1 atom stereocenters. The van der Waals surface area contributed by atoms with E-state index in [0.717, 1.165) is 4.47 Å². The fraction of sp³-hybridized carbons (Fsp3) is 0.105. The Balaban J connectivity index is 1.87. The van der Waals surface area contributed by atoms with Crippen LogP contribution < -0.4 is 11.1 Å². The van der Waals surface area contributed by atoms with Gasteiger partial charge in [-0.1, -0.05) is 0 Å². The van der Waals surface area contributed by atoms with Crippen molar-refractivity contribution in [3.05, 3.63) is 64.7 Å². The number of nitrogens with one attached hydrogen (secondary N) is 1. The second kappa shape index (κ2) is 7.44. The lowest BCUT2D eigenvalue weighted by molar-refractivity contribution is 0.629. The number of nitrogens with zero attached hydrogens (tertiary/aromatic N) is 6. The number of rotatable bonds is 4. The number of hydrogen-bond acceptors (Lipinski definition) is 7. The molecule has 4 rings (SSSR count). The van der Waals surface area contributed by atoms with E-state index in [2.05, 4.69) is 41.2 Å². The van der Waals surface area contributed by atoms with Gasteiger partial charge in [-0.25, -0.2) is 19.3 Å². The summed E-state index contributed by atoms with van der Waals surface area (Å²) in [6.45, 7) is 1.86. The Morgan fingerprint density at radius 1 is 1.28 bits per heavy atom. The van der Waals surface area contributed by atoms with Crippen molar-refractivity contribution in [2.24, 2.45) is 0 Å². The van der Waals surface area contributed by atoms with Gasteiger partial charge in [0.05, 0.1) is 29.0 Å².